The molecule has 1 N–H and O–H groups in total. The fraction of sp³-hybridized carbons (Fsp3) is 0.0217. The maximum atomic E-state index is 5.33. The molecule has 0 fully saturated rings. The fourth-order valence-electron chi connectivity index (χ4n) is 8.10. The Morgan fingerprint density at radius 3 is 1.92 bits per heavy atom. The molecule has 1 aliphatic heterocycles. The van der Waals surface area contributed by atoms with Crippen LogP contribution in [0.25, 0.3) is 75.2 Å². The van der Waals surface area contributed by atoms with E-state index in [9.17, 15) is 0 Å². The molecule has 0 radical (unpaired) electrons. The SMILES string of the molecule is C1=C(c2ccccc2)N=C(n2c3ccccc3c3cc4c(cc32)sc2ccc3c5ccccc5n(-c5ccccc5)c3c24)NC1c1ccccc1. The van der Waals surface area contributed by atoms with Crippen molar-refractivity contribution in [1.82, 2.24) is 14.5 Å². The molecule has 1 aliphatic rings. The second-order valence-electron chi connectivity index (χ2n) is 13.2. The van der Waals surface area contributed by atoms with Crippen molar-refractivity contribution in [2.75, 3.05) is 0 Å². The summed E-state index contributed by atoms with van der Waals surface area (Å²) in [6.45, 7) is 0. The zero-order valence-corrected chi connectivity index (χ0v) is 28.3. The average Bonchev–Trinajstić information content (AvgIpc) is 3.85. The lowest BCUT2D eigenvalue weighted by molar-refractivity contribution is 0.760. The maximum absolute atomic E-state index is 5.33. The van der Waals surface area contributed by atoms with E-state index >= 15 is 0 Å². The van der Waals surface area contributed by atoms with Gasteiger partial charge in [0.2, 0.25) is 5.96 Å². The van der Waals surface area contributed by atoms with Gasteiger partial charge in [0.1, 0.15) is 0 Å². The van der Waals surface area contributed by atoms with E-state index < -0.39 is 0 Å². The summed E-state index contributed by atoms with van der Waals surface area (Å²) in [6, 6.07) is 58.8. The highest BCUT2D eigenvalue weighted by Crippen LogP contribution is 2.45. The Morgan fingerprint density at radius 2 is 1.16 bits per heavy atom. The molecule has 0 bridgehead atoms. The minimum absolute atomic E-state index is 0.0358. The van der Waals surface area contributed by atoms with Gasteiger partial charge < -0.3 is 9.88 Å². The Labute approximate surface area is 297 Å². The van der Waals surface area contributed by atoms with Crippen LogP contribution >= 0.6 is 11.3 Å². The third-order valence-electron chi connectivity index (χ3n) is 10.4. The molecule has 4 nitrogen and oxygen atoms in total. The second-order valence-corrected chi connectivity index (χ2v) is 14.3. The lowest BCUT2D eigenvalue weighted by atomic mass is 10.0. The van der Waals surface area contributed by atoms with Crippen LogP contribution < -0.4 is 5.32 Å². The molecule has 0 amide bonds. The molecule has 4 heterocycles. The lowest BCUT2D eigenvalue weighted by Crippen LogP contribution is -2.35. The van der Waals surface area contributed by atoms with Crippen molar-refractivity contribution in [3.05, 3.63) is 181 Å². The van der Waals surface area contributed by atoms with Crippen molar-refractivity contribution in [3.63, 3.8) is 0 Å². The first-order valence-corrected chi connectivity index (χ1v) is 18.2. The smallest absolute Gasteiger partial charge is 0.209 e. The quantitative estimate of drug-likeness (QED) is 0.199. The van der Waals surface area contributed by atoms with Gasteiger partial charge in [0.05, 0.1) is 33.8 Å². The number of hydrogen-bond acceptors (Lipinski definition) is 3. The number of thiophene rings is 1. The van der Waals surface area contributed by atoms with Gasteiger partial charge in [-0.3, -0.25) is 4.57 Å². The minimum atomic E-state index is -0.0358. The van der Waals surface area contributed by atoms with Crippen molar-refractivity contribution >= 4 is 86.8 Å². The fourth-order valence-corrected chi connectivity index (χ4v) is 9.22. The minimum Gasteiger partial charge on any atom is -0.345 e. The van der Waals surface area contributed by atoms with Crippen molar-refractivity contribution in [2.24, 2.45) is 4.99 Å². The number of nitrogens with zero attached hydrogens (tertiary/aromatic N) is 3. The van der Waals surface area contributed by atoms with E-state index in [0.717, 1.165) is 28.3 Å². The number of hydrogen-bond donors (Lipinski definition) is 1. The Kier molecular flexibility index (Phi) is 6.15. The van der Waals surface area contributed by atoms with Crippen LogP contribution in [0, 0.1) is 0 Å². The summed E-state index contributed by atoms with van der Waals surface area (Å²) < 4.78 is 7.33. The standard InChI is InChI=1S/C46H30N4S/c1-4-14-29(15-5-1)37-27-38(30-16-6-2-7-17-30)48-46(47-37)50-40-23-13-11-21-33(40)35-26-36-43(28-41(35)50)51-42-25-24-34-32-20-10-12-22-39(32)49(45(34)44(36)42)31-18-8-3-9-19-31/h1-28,37H,(H,47,48). The summed E-state index contributed by atoms with van der Waals surface area (Å²) in [6.07, 6.45) is 2.24. The van der Waals surface area contributed by atoms with E-state index in [1.54, 1.807) is 0 Å². The third-order valence-corrected chi connectivity index (χ3v) is 11.5. The van der Waals surface area contributed by atoms with Crippen LogP contribution in [0.1, 0.15) is 17.2 Å². The molecular formula is C46H30N4S. The molecule has 0 saturated carbocycles. The molecule has 3 aromatic heterocycles. The van der Waals surface area contributed by atoms with Gasteiger partial charge in [-0.25, -0.2) is 4.99 Å². The van der Waals surface area contributed by atoms with E-state index in [2.05, 4.69) is 184 Å². The predicted octanol–water partition coefficient (Wildman–Crippen LogP) is 11.8. The van der Waals surface area contributed by atoms with Crippen LogP contribution in [0.4, 0.5) is 0 Å². The van der Waals surface area contributed by atoms with Crippen LogP contribution in [0.3, 0.4) is 0 Å². The van der Waals surface area contributed by atoms with Gasteiger partial charge in [-0.05, 0) is 54.1 Å². The third kappa shape index (κ3) is 4.28. The number of benzene rings is 7. The summed E-state index contributed by atoms with van der Waals surface area (Å²) in [5.41, 5.74) is 9.18. The molecule has 240 valence electrons. The highest BCUT2D eigenvalue weighted by atomic mass is 32.1. The van der Waals surface area contributed by atoms with Crippen LogP contribution in [0.15, 0.2) is 175 Å². The highest BCUT2D eigenvalue weighted by Gasteiger charge is 2.25. The van der Waals surface area contributed by atoms with Crippen LogP contribution in [0.2, 0.25) is 0 Å². The maximum Gasteiger partial charge on any atom is 0.209 e. The molecule has 1 atom stereocenters. The van der Waals surface area contributed by atoms with Crippen molar-refractivity contribution in [2.45, 2.75) is 6.04 Å². The number of rotatable bonds is 3. The number of nitrogens with one attached hydrogen (secondary N) is 1. The molecule has 0 saturated heterocycles. The van der Waals surface area contributed by atoms with Crippen molar-refractivity contribution in [1.29, 1.82) is 0 Å². The molecule has 11 rings (SSSR count). The molecule has 1 unspecified atom stereocenters. The Hall–Kier alpha value is -6.43. The number of aliphatic imine (C=N–C) groups is 1. The summed E-state index contributed by atoms with van der Waals surface area (Å²) in [4.78, 5) is 5.33. The summed E-state index contributed by atoms with van der Waals surface area (Å²) in [7, 11) is 0. The molecule has 10 aromatic rings. The van der Waals surface area contributed by atoms with Gasteiger partial charge in [0.15, 0.2) is 0 Å². The normalized spacial score (nSPS) is 14.9. The van der Waals surface area contributed by atoms with E-state index in [1.165, 1.54) is 64.0 Å². The molecule has 0 spiro atoms. The molecule has 0 aliphatic carbocycles. The van der Waals surface area contributed by atoms with E-state index in [0.29, 0.717) is 0 Å². The van der Waals surface area contributed by atoms with Crippen LogP contribution in [0.5, 0.6) is 0 Å². The van der Waals surface area contributed by atoms with Crippen LogP contribution in [-0.2, 0) is 0 Å². The Balaban J connectivity index is 1.21. The average molecular weight is 671 g/mol. The van der Waals surface area contributed by atoms with Gasteiger partial charge in [-0.2, -0.15) is 0 Å². The largest absolute Gasteiger partial charge is 0.345 e. The highest BCUT2D eigenvalue weighted by molar-refractivity contribution is 7.26. The van der Waals surface area contributed by atoms with E-state index in [1.807, 2.05) is 11.3 Å². The zero-order chi connectivity index (χ0) is 33.5. The predicted molar refractivity (Wildman–Crippen MR) is 216 cm³/mol. The zero-order valence-electron chi connectivity index (χ0n) is 27.5. The topological polar surface area (TPSA) is 34.2 Å². The van der Waals surface area contributed by atoms with Gasteiger partial charge in [0.25, 0.3) is 0 Å². The van der Waals surface area contributed by atoms with Gasteiger partial charge >= 0.3 is 0 Å². The van der Waals surface area contributed by atoms with Crippen LogP contribution in [-0.4, -0.2) is 15.1 Å². The van der Waals surface area contributed by atoms with Crippen molar-refractivity contribution in [3.8, 4) is 5.69 Å². The number of fused-ring (bicyclic) bond motifs is 10. The lowest BCUT2D eigenvalue weighted by Gasteiger charge is -2.25. The second kappa shape index (κ2) is 11.0. The Bertz CT molecular complexity index is 3040. The summed E-state index contributed by atoms with van der Waals surface area (Å²) >= 11 is 1.87. The first-order valence-electron chi connectivity index (χ1n) is 17.3. The molecular weight excluding hydrogens is 641 g/mol. The first-order chi connectivity index (χ1) is 25.3. The van der Waals surface area contributed by atoms with Crippen molar-refractivity contribution < 1.29 is 0 Å². The van der Waals surface area contributed by atoms with E-state index in [-0.39, 0.29) is 6.04 Å². The molecule has 5 heteroatoms. The van der Waals surface area contributed by atoms with Gasteiger partial charge in [-0.1, -0.05) is 121 Å². The number of aromatic nitrogens is 2. The number of para-hydroxylation sites is 3. The molecule has 51 heavy (non-hydrogen) atoms. The van der Waals surface area contributed by atoms with E-state index in [4.69, 9.17) is 4.99 Å². The summed E-state index contributed by atoms with van der Waals surface area (Å²) in [5, 5.41) is 11.4. The first kappa shape index (κ1) is 28.4. The monoisotopic (exact) mass is 670 g/mol. The Morgan fingerprint density at radius 1 is 0.510 bits per heavy atom. The summed E-state index contributed by atoms with van der Waals surface area (Å²) in [5.74, 6) is 0.823. The van der Waals surface area contributed by atoms with Gasteiger partial charge in [-0.15, -0.1) is 11.3 Å². The van der Waals surface area contributed by atoms with Gasteiger partial charge in [0, 0.05) is 53.0 Å². The molecule has 7 aromatic carbocycles.